The molecular formula is C25H24N6O3. The summed E-state index contributed by atoms with van der Waals surface area (Å²) >= 11 is 0. The number of nitrogens with zero attached hydrogens (tertiary/aromatic N) is 4. The molecule has 3 N–H and O–H groups in total. The number of amides is 1. The van der Waals surface area contributed by atoms with E-state index in [4.69, 9.17) is 4.74 Å². The van der Waals surface area contributed by atoms with E-state index >= 15 is 0 Å². The third kappa shape index (κ3) is 4.11. The summed E-state index contributed by atoms with van der Waals surface area (Å²) in [5.41, 5.74) is 4.84. The average molecular weight is 457 g/mol. The van der Waals surface area contributed by atoms with Crippen molar-refractivity contribution in [1.82, 2.24) is 25.1 Å². The van der Waals surface area contributed by atoms with Gasteiger partial charge in [0.25, 0.3) is 5.91 Å². The van der Waals surface area contributed by atoms with Gasteiger partial charge in [0.2, 0.25) is 0 Å². The van der Waals surface area contributed by atoms with Crippen molar-refractivity contribution < 1.29 is 14.6 Å². The number of nitrogens with one attached hydrogen (secondary N) is 2. The zero-order chi connectivity index (χ0) is 23.7. The Bertz CT molecular complexity index is 1360. The molecule has 0 spiro atoms. The van der Waals surface area contributed by atoms with E-state index in [1.165, 1.54) is 6.92 Å². The molecule has 9 heteroatoms. The summed E-state index contributed by atoms with van der Waals surface area (Å²) in [6.07, 6.45) is 5.58. The maximum absolute atomic E-state index is 12.0. The van der Waals surface area contributed by atoms with E-state index in [0.717, 1.165) is 33.4 Å². The zero-order valence-corrected chi connectivity index (χ0v) is 18.7. The Morgan fingerprint density at radius 2 is 2.09 bits per heavy atom. The number of aromatic nitrogens is 4. The Hall–Kier alpha value is -4.16. The summed E-state index contributed by atoms with van der Waals surface area (Å²) in [6, 6.07) is 11.8. The fraction of sp³-hybridized carbons (Fsp3) is 0.280. The highest BCUT2D eigenvalue weighted by Gasteiger charge is 2.26. The molecule has 0 bridgehead atoms. The number of H-pyrrole nitrogens is 2. The van der Waals surface area contributed by atoms with Crippen molar-refractivity contribution in [2.45, 2.75) is 32.0 Å². The summed E-state index contributed by atoms with van der Waals surface area (Å²) in [7, 11) is 0. The molecule has 1 aliphatic heterocycles. The van der Waals surface area contributed by atoms with Crippen LogP contribution in [0.15, 0.2) is 48.9 Å². The fourth-order valence-electron chi connectivity index (χ4n) is 4.33. The predicted molar refractivity (Wildman–Crippen MR) is 126 cm³/mol. The maximum Gasteiger partial charge on any atom is 0.251 e. The van der Waals surface area contributed by atoms with Crippen LogP contribution in [0.4, 0.5) is 0 Å². The molecule has 0 saturated carbocycles. The topological polar surface area (TPSA) is 131 Å². The molecule has 1 atom stereocenters. The zero-order valence-electron chi connectivity index (χ0n) is 18.7. The van der Waals surface area contributed by atoms with Gasteiger partial charge in [-0.3, -0.25) is 9.89 Å². The molecule has 9 nitrogen and oxygen atoms in total. The van der Waals surface area contributed by atoms with E-state index < -0.39 is 6.10 Å². The van der Waals surface area contributed by atoms with Crippen LogP contribution < -0.4 is 4.74 Å². The van der Waals surface area contributed by atoms with Gasteiger partial charge in [0.15, 0.2) is 0 Å². The number of ether oxygens (including phenoxy) is 1. The molecule has 1 fully saturated rings. The third-order valence-electron chi connectivity index (χ3n) is 6.16. The molecule has 3 aromatic heterocycles. The highest BCUT2D eigenvalue weighted by molar-refractivity contribution is 5.95. The number of hydrogen-bond donors (Lipinski definition) is 3. The van der Waals surface area contributed by atoms with Crippen molar-refractivity contribution in [3.8, 4) is 34.2 Å². The lowest BCUT2D eigenvalue weighted by molar-refractivity contribution is -0.141. The first-order chi connectivity index (χ1) is 16.5. The second kappa shape index (κ2) is 9.00. The van der Waals surface area contributed by atoms with Gasteiger partial charge in [-0.25, -0.2) is 4.98 Å². The summed E-state index contributed by atoms with van der Waals surface area (Å²) < 4.78 is 6.14. The molecule has 172 valence electrons. The highest BCUT2D eigenvalue weighted by Crippen LogP contribution is 2.33. The van der Waals surface area contributed by atoms with Gasteiger partial charge >= 0.3 is 0 Å². The molecule has 1 aliphatic rings. The third-order valence-corrected chi connectivity index (χ3v) is 6.16. The van der Waals surface area contributed by atoms with E-state index in [2.05, 4.69) is 26.2 Å². The molecule has 5 rings (SSSR count). The fourth-order valence-corrected chi connectivity index (χ4v) is 4.33. The molecule has 0 aliphatic carbocycles. The van der Waals surface area contributed by atoms with Crippen LogP contribution in [0.5, 0.6) is 5.75 Å². The minimum atomic E-state index is -0.995. The molecule has 1 aromatic carbocycles. The number of carbonyl (C=O) groups excluding carboxylic acids is 1. The molecule has 4 heterocycles. The minimum absolute atomic E-state index is 0.0924. The number of pyridine rings is 1. The van der Waals surface area contributed by atoms with Crippen LogP contribution in [-0.2, 0) is 4.79 Å². The van der Waals surface area contributed by atoms with Crippen molar-refractivity contribution in [2.24, 2.45) is 0 Å². The smallest absolute Gasteiger partial charge is 0.251 e. The van der Waals surface area contributed by atoms with Gasteiger partial charge in [-0.2, -0.15) is 10.4 Å². The highest BCUT2D eigenvalue weighted by atomic mass is 16.5. The van der Waals surface area contributed by atoms with Gasteiger partial charge in [-0.15, -0.1) is 0 Å². The number of hydrogen-bond acceptors (Lipinski definition) is 6. The number of carbonyl (C=O) groups is 1. The SMILES string of the molecule is CC(O)C(=O)N1CCC(Oc2ccc(-c3c[nH]c4ncc(-c5ccn[nH]5)cc34)cc2C#N)CC1. The Morgan fingerprint density at radius 1 is 1.26 bits per heavy atom. The first-order valence-corrected chi connectivity index (χ1v) is 11.2. The van der Waals surface area contributed by atoms with E-state index in [1.807, 2.05) is 36.5 Å². The first kappa shape index (κ1) is 21.7. The standard InChI is InChI=1S/C25H24N6O3/c1-15(32)25(33)31-8-5-19(6-9-31)34-23-3-2-16(10-17(23)12-26)21-14-28-24-20(21)11-18(13-27-24)22-4-7-29-30-22/h2-4,7,10-11,13-15,19,32H,5-6,8-9H2,1H3,(H,27,28)(H,29,30). The lowest BCUT2D eigenvalue weighted by Gasteiger charge is -2.33. The van der Waals surface area contributed by atoms with Crippen LogP contribution in [0.1, 0.15) is 25.3 Å². The molecule has 0 radical (unpaired) electrons. The quantitative estimate of drug-likeness (QED) is 0.423. The van der Waals surface area contributed by atoms with Crippen LogP contribution in [0.2, 0.25) is 0 Å². The first-order valence-electron chi connectivity index (χ1n) is 11.2. The summed E-state index contributed by atoms with van der Waals surface area (Å²) in [6.45, 7) is 2.53. The lowest BCUT2D eigenvalue weighted by Crippen LogP contribution is -2.45. The number of rotatable bonds is 5. The Balaban J connectivity index is 1.37. The normalized spacial score (nSPS) is 15.3. The minimum Gasteiger partial charge on any atom is -0.489 e. The second-order valence-electron chi connectivity index (χ2n) is 8.43. The van der Waals surface area contributed by atoms with E-state index in [1.54, 1.807) is 17.3 Å². The molecule has 34 heavy (non-hydrogen) atoms. The van der Waals surface area contributed by atoms with Gasteiger partial charge < -0.3 is 19.7 Å². The molecular weight excluding hydrogens is 432 g/mol. The average Bonchev–Trinajstić information content (AvgIpc) is 3.54. The van der Waals surface area contributed by atoms with Crippen LogP contribution >= 0.6 is 0 Å². The second-order valence-corrected chi connectivity index (χ2v) is 8.43. The van der Waals surface area contributed by atoms with E-state index in [0.29, 0.717) is 37.2 Å². The Kier molecular flexibility index (Phi) is 5.74. The number of aliphatic hydroxyl groups excluding tert-OH is 1. The number of fused-ring (bicyclic) bond motifs is 1. The monoisotopic (exact) mass is 456 g/mol. The van der Waals surface area contributed by atoms with Gasteiger partial charge in [-0.1, -0.05) is 6.07 Å². The number of nitriles is 1. The van der Waals surface area contributed by atoms with Crippen LogP contribution in [0.25, 0.3) is 33.4 Å². The maximum atomic E-state index is 12.0. The number of aromatic amines is 2. The van der Waals surface area contributed by atoms with Gasteiger partial charge in [0.1, 0.15) is 29.7 Å². The Morgan fingerprint density at radius 3 is 2.79 bits per heavy atom. The molecule has 1 amide bonds. The van der Waals surface area contributed by atoms with Gasteiger partial charge in [-0.05, 0) is 36.8 Å². The largest absolute Gasteiger partial charge is 0.489 e. The van der Waals surface area contributed by atoms with Gasteiger partial charge in [0.05, 0.1) is 11.3 Å². The Labute approximate surface area is 196 Å². The van der Waals surface area contributed by atoms with Crippen molar-refractivity contribution in [1.29, 1.82) is 5.26 Å². The molecule has 4 aromatic rings. The molecule has 1 unspecified atom stereocenters. The molecule has 1 saturated heterocycles. The number of piperidine rings is 1. The predicted octanol–water partition coefficient (Wildman–Crippen LogP) is 3.24. The van der Waals surface area contributed by atoms with Crippen LogP contribution in [0, 0.1) is 11.3 Å². The summed E-state index contributed by atoms with van der Waals surface area (Å²) in [5.74, 6) is 0.270. The van der Waals surface area contributed by atoms with Crippen LogP contribution in [0.3, 0.4) is 0 Å². The summed E-state index contributed by atoms with van der Waals surface area (Å²) in [5, 5.41) is 27.2. The number of aliphatic hydroxyl groups is 1. The van der Waals surface area contributed by atoms with Crippen molar-refractivity contribution in [3.63, 3.8) is 0 Å². The van der Waals surface area contributed by atoms with Crippen molar-refractivity contribution in [2.75, 3.05) is 13.1 Å². The number of benzene rings is 1. The van der Waals surface area contributed by atoms with Crippen molar-refractivity contribution in [3.05, 3.63) is 54.5 Å². The number of likely N-dealkylation sites (tertiary alicyclic amines) is 1. The van der Waals surface area contributed by atoms with E-state index in [-0.39, 0.29) is 12.0 Å². The van der Waals surface area contributed by atoms with E-state index in [9.17, 15) is 15.2 Å². The van der Waals surface area contributed by atoms with Crippen molar-refractivity contribution >= 4 is 16.9 Å². The summed E-state index contributed by atoms with van der Waals surface area (Å²) in [4.78, 5) is 21.3. The van der Waals surface area contributed by atoms with Crippen LogP contribution in [-0.4, -0.2) is 61.4 Å². The lowest BCUT2D eigenvalue weighted by atomic mass is 10.0. The van der Waals surface area contributed by atoms with Gasteiger partial charge in [0, 0.05) is 61.0 Å².